The largest absolute Gasteiger partial charge is 0.396 e. The fourth-order valence-electron chi connectivity index (χ4n) is 2.71. The summed E-state index contributed by atoms with van der Waals surface area (Å²) in [6.07, 6.45) is 2.25. The van der Waals surface area contributed by atoms with E-state index in [1.165, 1.54) is 6.07 Å². The lowest BCUT2D eigenvalue weighted by atomic mass is 9.99. The molecule has 0 unspecified atom stereocenters. The molecule has 1 aliphatic rings. The highest BCUT2D eigenvalue weighted by atomic mass is 16.6. The summed E-state index contributed by atoms with van der Waals surface area (Å²) in [7, 11) is 0. The molecule has 0 radical (unpaired) electrons. The van der Waals surface area contributed by atoms with E-state index in [9.17, 15) is 20.0 Å². The molecule has 1 atom stereocenters. The normalized spacial score (nSPS) is 18.0. The van der Waals surface area contributed by atoms with Gasteiger partial charge in [0.1, 0.15) is 0 Å². The molecule has 1 fully saturated rings. The number of amides is 2. The van der Waals surface area contributed by atoms with Crippen LogP contribution < -0.4 is 5.32 Å². The first-order valence-corrected chi connectivity index (χ1v) is 7.47. The number of carbonyl (C=O) groups excluding carboxylic acids is 1. The Kier molecular flexibility index (Phi) is 5.71. The van der Waals surface area contributed by atoms with Gasteiger partial charge in [0.25, 0.3) is 5.69 Å². The first-order chi connectivity index (χ1) is 10.6. The van der Waals surface area contributed by atoms with E-state index in [-0.39, 0.29) is 24.2 Å². The van der Waals surface area contributed by atoms with Crippen molar-refractivity contribution in [2.75, 3.05) is 26.2 Å². The summed E-state index contributed by atoms with van der Waals surface area (Å²) in [5, 5.41) is 22.9. The fourth-order valence-corrected chi connectivity index (χ4v) is 2.71. The molecular weight excluding hydrogens is 286 g/mol. The number of nitro groups is 1. The topological polar surface area (TPSA) is 95.7 Å². The van der Waals surface area contributed by atoms with Crippen LogP contribution in [0.15, 0.2) is 24.3 Å². The highest BCUT2D eigenvalue weighted by Gasteiger charge is 2.23. The van der Waals surface area contributed by atoms with Crippen LogP contribution in [0.2, 0.25) is 0 Å². The van der Waals surface area contributed by atoms with Crippen molar-refractivity contribution in [3.63, 3.8) is 0 Å². The van der Waals surface area contributed by atoms with Crippen LogP contribution in [0.1, 0.15) is 18.4 Å². The Morgan fingerprint density at radius 1 is 1.45 bits per heavy atom. The molecule has 1 aliphatic heterocycles. The second-order valence-electron chi connectivity index (χ2n) is 5.50. The third-order valence-electron chi connectivity index (χ3n) is 3.92. The minimum Gasteiger partial charge on any atom is -0.396 e. The Bertz CT molecular complexity index is 535. The van der Waals surface area contributed by atoms with E-state index >= 15 is 0 Å². The van der Waals surface area contributed by atoms with Gasteiger partial charge in [0.05, 0.1) is 4.92 Å². The number of piperidine rings is 1. The third kappa shape index (κ3) is 4.17. The van der Waals surface area contributed by atoms with Crippen molar-refractivity contribution in [1.29, 1.82) is 0 Å². The summed E-state index contributed by atoms with van der Waals surface area (Å²) in [6, 6.07) is 6.38. The van der Waals surface area contributed by atoms with E-state index in [0.717, 1.165) is 12.8 Å². The average Bonchev–Trinajstić information content (AvgIpc) is 2.55. The minimum absolute atomic E-state index is 0.0788. The minimum atomic E-state index is -0.409. The highest BCUT2D eigenvalue weighted by Crippen LogP contribution is 2.18. The second kappa shape index (κ2) is 7.74. The molecule has 0 saturated carbocycles. The molecule has 0 spiro atoms. The van der Waals surface area contributed by atoms with Gasteiger partial charge in [0.2, 0.25) is 0 Å². The third-order valence-corrected chi connectivity index (χ3v) is 3.92. The van der Waals surface area contributed by atoms with Crippen molar-refractivity contribution in [2.24, 2.45) is 5.92 Å². The summed E-state index contributed by atoms with van der Waals surface area (Å²) in [5.41, 5.74) is 0.690. The molecule has 7 heteroatoms. The first-order valence-electron chi connectivity index (χ1n) is 7.47. The SMILES string of the molecule is O=C(NCCc1ccccc1[N+](=O)[O-])N1CCC[C@H](CO)C1. The number of para-hydroxylation sites is 1. The summed E-state index contributed by atoms with van der Waals surface area (Å²) in [4.78, 5) is 24.3. The van der Waals surface area contributed by atoms with Crippen LogP contribution in [0, 0.1) is 16.0 Å². The van der Waals surface area contributed by atoms with Gasteiger partial charge in [-0.2, -0.15) is 0 Å². The van der Waals surface area contributed by atoms with Gasteiger partial charge in [-0.05, 0) is 25.2 Å². The molecule has 1 saturated heterocycles. The molecule has 2 amide bonds. The number of urea groups is 1. The highest BCUT2D eigenvalue weighted by molar-refractivity contribution is 5.74. The Morgan fingerprint density at radius 3 is 2.95 bits per heavy atom. The van der Waals surface area contributed by atoms with Crippen molar-refractivity contribution in [2.45, 2.75) is 19.3 Å². The zero-order valence-corrected chi connectivity index (χ0v) is 12.4. The first kappa shape index (κ1) is 16.2. The molecule has 0 aromatic heterocycles. The zero-order valence-electron chi connectivity index (χ0n) is 12.4. The number of aliphatic hydroxyl groups is 1. The van der Waals surface area contributed by atoms with Gasteiger partial charge in [-0.15, -0.1) is 0 Å². The molecule has 7 nitrogen and oxygen atoms in total. The van der Waals surface area contributed by atoms with Crippen LogP contribution in [-0.2, 0) is 6.42 Å². The maximum absolute atomic E-state index is 12.1. The van der Waals surface area contributed by atoms with Crippen molar-refractivity contribution in [3.05, 3.63) is 39.9 Å². The predicted molar refractivity (Wildman–Crippen MR) is 81.6 cm³/mol. The van der Waals surface area contributed by atoms with Crippen molar-refractivity contribution in [3.8, 4) is 0 Å². The number of carbonyl (C=O) groups is 1. The van der Waals surface area contributed by atoms with Crippen LogP contribution in [-0.4, -0.2) is 47.2 Å². The lowest BCUT2D eigenvalue weighted by Gasteiger charge is -2.31. The summed E-state index contributed by atoms with van der Waals surface area (Å²) < 4.78 is 0. The smallest absolute Gasteiger partial charge is 0.317 e. The van der Waals surface area contributed by atoms with Crippen LogP contribution in [0.3, 0.4) is 0 Å². The molecule has 0 bridgehead atoms. The number of nitrogens with one attached hydrogen (secondary N) is 1. The Hall–Kier alpha value is -2.15. The van der Waals surface area contributed by atoms with Crippen molar-refractivity contribution < 1.29 is 14.8 Å². The molecule has 2 N–H and O–H groups in total. The quantitative estimate of drug-likeness (QED) is 0.637. The molecule has 0 aliphatic carbocycles. The molecule has 22 heavy (non-hydrogen) atoms. The van der Waals surface area contributed by atoms with E-state index in [1.807, 2.05) is 0 Å². The van der Waals surface area contributed by atoms with Crippen molar-refractivity contribution >= 4 is 11.7 Å². The number of nitrogens with zero attached hydrogens (tertiary/aromatic N) is 2. The number of aliphatic hydroxyl groups excluding tert-OH is 1. The lowest BCUT2D eigenvalue weighted by molar-refractivity contribution is -0.385. The number of hydrogen-bond donors (Lipinski definition) is 2. The van der Waals surface area contributed by atoms with Gasteiger partial charge in [-0.3, -0.25) is 10.1 Å². The molecule has 120 valence electrons. The number of rotatable bonds is 5. The van der Waals surface area contributed by atoms with Gasteiger partial charge in [0, 0.05) is 37.9 Å². The van der Waals surface area contributed by atoms with Gasteiger partial charge in [-0.1, -0.05) is 18.2 Å². The van der Waals surface area contributed by atoms with Crippen LogP contribution in [0.4, 0.5) is 10.5 Å². The Labute approximate surface area is 129 Å². The van der Waals surface area contributed by atoms with Gasteiger partial charge in [-0.25, -0.2) is 4.79 Å². The van der Waals surface area contributed by atoms with E-state index in [4.69, 9.17) is 0 Å². The maximum Gasteiger partial charge on any atom is 0.317 e. The van der Waals surface area contributed by atoms with Gasteiger partial charge < -0.3 is 15.3 Å². The Morgan fingerprint density at radius 2 is 2.23 bits per heavy atom. The van der Waals surface area contributed by atoms with E-state index in [0.29, 0.717) is 31.6 Å². The van der Waals surface area contributed by atoms with Crippen LogP contribution in [0.5, 0.6) is 0 Å². The number of nitro benzene ring substituents is 1. The van der Waals surface area contributed by atoms with E-state index < -0.39 is 4.92 Å². The number of likely N-dealkylation sites (tertiary alicyclic amines) is 1. The lowest BCUT2D eigenvalue weighted by Crippen LogP contribution is -2.46. The monoisotopic (exact) mass is 307 g/mol. The number of benzene rings is 1. The molecule has 1 heterocycles. The standard InChI is InChI=1S/C15H21N3O4/c19-11-12-4-3-9-17(10-12)15(20)16-8-7-13-5-1-2-6-14(13)18(21)22/h1-2,5-6,12,19H,3-4,7-11H2,(H,16,20)/t12-/m0/s1. The zero-order chi connectivity index (χ0) is 15.9. The second-order valence-corrected chi connectivity index (χ2v) is 5.50. The average molecular weight is 307 g/mol. The van der Waals surface area contributed by atoms with E-state index in [2.05, 4.69) is 5.32 Å². The molecule has 2 rings (SSSR count). The summed E-state index contributed by atoms with van der Waals surface area (Å²) in [5.74, 6) is 0.148. The summed E-state index contributed by atoms with van der Waals surface area (Å²) in [6.45, 7) is 1.70. The fraction of sp³-hybridized carbons (Fsp3) is 0.533. The van der Waals surface area contributed by atoms with Gasteiger partial charge in [0.15, 0.2) is 0 Å². The molecule has 1 aromatic carbocycles. The Balaban J connectivity index is 1.83. The van der Waals surface area contributed by atoms with Gasteiger partial charge >= 0.3 is 6.03 Å². The predicted octanol–water partition coefficient (Wildman–Crippen LogP) is 1.55. The van der Waals surface area contributed by atoms with E-state index in [1.54, 1.807) is 23.1 Å². The molecule has 1 aromatic rings. The number of hydrogen-bond acceptors (Lipinski definition) is 4. The summed E-state index contributed by atoms with van der Waals surface area (Å²) >= 11 is 0. The maximum atomic E-state index is 12.1. The molecular formula is C15H21N3O4. The van der Waals surface area contributed by atoms with Crippen LogP contribution >= 0.6 is 0 Å². The van der Waals surface area contributed by atoms with Crippen LogP contribution in [0.25, 0.3) is 0 Å². The van der Waals surface area contributed by atoms with Crippen molar-refractivity contribution in [1.82, 2.24) is 10.2 Å².